The Kier molecular flexibility index (Phi) is 5.52. The number of hydrogen-bond donors (Lipinski definition) is 1. The fourth-order valence-electron chi connectivity index (χ4n) is 2.38. The molecule has 146 valence electrons. The molecule has 0 saturated heterocycles. The number of rotatable bonds is 4. The summed E-state index contributed by atoms with van der Waals surface area (Å²) in [7, 11) is 0. The summed E-state index contributed by atoms with van der Waals surface area (Å²) in [6, 6.07) is 4.05. The molecule has 0 aliphatic carbocycles. The van der Waals surface area contributed by atoms with Crippen LogP contribution in [0.5, 0.6) is 0 Å². The Morgan fingerprint density at radius 3 is 2.75 bits per heavy atom. The van der Waals surface area contributed by atoms with Crippen LogP contribution in [0.2, 0.25) is 5.15 Å². The van der Waals surface area contributed by atoms with Crippen molar-refractivity contribution in [1.82, 2.24) is 15.0 Å². The van der Waals surface area contributed by atoms with Crippen molar-refractivity contribution in [2.24, 2.45) is 0 Å². The van der Waals surface area contributed by atoms with Gasteiger partial charge in [0.1, 0.15) is 15.9 Å². The molecule has 0 aliphatic heterocycles. The van der Waals surface area contributed by atoms with Gasteiger partial charge in [0.15, 0.2) is 0 Å². The number of ether oxygens (including phenoxy) is 1. The Morgan fingerprint density at radius 2 is 2.11 bits per heavy atom. The van der Waals surface area contributed by atoms with Gasteiger partial charge in [-0.25, -0.2) is 14.8 Å². The highest BCUT2D eigenvalue weighted by molar-refractivity contribution is 7.13. The van der Waals surface area contributed by atoms with Crippen LogP contribution in [0.1, 0.15) is 23.0 Å². The predicted molar refractivity (Wildman–Crippen MR) is 97.4 cm³/mol. The summed E-state index contributed by atoms with van der Waals surface area (Å²) in [5.41, 5.74) is -2.70. The number of carbonyl (C=O) groups excluding carboxylic acids is 1. The SMILES string of the molecule is CCOC(=O)c1cc(-c2csc(-c3ccnc(Cl)c3)n2)c(=O)[nH]c1C(F)(F)F. The molecule has 0 aliphatic rings. The van der Waals surface area contributed by atoms with Gasteiger partial charge in [0.25, 0.3) is 5.56 Å². The molecule has 3 aromatic rings. The van der Waals surface area contributed by atoms with E-state index in [1.807, 2.05) is 0 Å². The van der Waals surface area contributed by atoms with Crippen LogP contribution in [-0.4, -0.2) is 27.5 Å². The van der Waals surface area contributed by atoms with Gasteiger partial charge in [-0.1, -0.05) is 11.6 Å². The number of halogens is 4. The zero-order chi connectivity index (χ0) is 20.5. The first-order valence-electron chi connectivity index (χ1n) is 7.80. The highest BCUT2D eigenvalue weighted by Crippen LogP contribution is 2.33. The Bertz CT molecular complexity index is 1090. The molecule has 0 bridgehead atoms. The van der Waals surface area contributed by atoms with Crippen molar-refractivity contribution in [2.45, 2.75) is 13.1 Å². The first kappa shape index (κ1) is 20.0. The molecular formula is C17H11ClF3N3O3S. The maximum absolute atomic E-state index is 13.2. The molecule has 0 unspecified atom stereocenters. The second-order valence-corrected chi connectivity index (χ2v) is 6.67. The first-order valence-corrected chi connectivity index (χ1v) is 9.06. The molecular weight excluding hydrogens is 419 g/mol. The standard InChI is InChI=1S/C17H11ClF3N3O3S/c1-2-27-16(26)10-6-9(14(25)24-13(10)17(19,20)21)11-7-28-15(23-11)8-3-4-22-12(18)5-8/h3-7H,2H2,1H3,(H,24,25). The zero-order valence-electron chi connectivity index (χ0n) is 14.1. The van der Waals surface area contributed by atoms with Gasteiger partial charge in [-0.3, -0.25) is 4.79 Å². The lowest BCUT2D eigenvalue weighted by Crippen LogP contribution is -2.23. The van der Waals surface area contributed by atoms with Crippen molar-refractivity contribution >= 4 is 28.9 Å². The molecule has 3 heterocycles. The topological polar surface area (TPSA) is 84.9 Å². The van der Waals surface area contributed by atoms with E-state index < -0.39 is 29.0 Å². The lowest BCUT2D eigenvalue weighted by molar-refractivity contribution is -0.141. The summed E-state index contributed by atoms with van der Waals surface area (Å²) in [4.78, 5) is 34.1. The van der Waals surface area contributed by atoms with E-state index in [1.54, 1.807) is 17.1 Å². The monoisotopic (exact) mass is 429 g/mol. The van der Waals surface area contributed by atoms with E-state index in [1.165, 1.54) is 18.5 Å². The van der Waals surface area contributed by atoms with E-state index in [4.69, 9.17) is 11.6 Å². The molecule has 6 nitrogen and oxygen atoms in total. The molecule has 0 atom stereocenters. The number of aromatic amines is 1. The highest BCUT2D eigenvalue weighted by Gasteiger charge is 2.38. The van der Waals surface area contributed by atoms with Crippen molar-refractivity contribution in [1.29, 1.82) is 0 Å². The summed E-state index contributed by atoms with van der Waals surface area (Å²) < 4.78 is 44.3. The van der Waals surface area contributed by atoms with Gasteiger partial charge in [0.2, 0.25) is 0 Å². The maximum atomic E-state index is 13.2. The van der Waals surface area contributed by atoms with Crippen molar-refractivity contribution in [2.75, 3.05) is 6.61 Å². The molecule has 1 N–H and O–H groups in total. The molecule has 0 aromatic carbocycles. The zero-order valence-corrected chi connectivity index (χ0v) is 15.7. The lowest BCUT2D eigenvalue weighted by Gasteiger charge is -2.12. The van der Waals surface area contributed by atoms with Crippen LogP contribution in [0.15, 0.2) is 34.6 Å². The summed E-state index contributed by atoms with van der Waals surface area (Å²) in [6.07, 6.45) is -3.46. The second kappa shape index (κ2) is 7.72. The third-order valence-electron chi connectivity index (χ3n) is 3.57. The number of nitrogens with zero attached hydrogens (tertiary/aromatic N) is 2. The third-order valence-corrected chi connectivity index (χ3v) is 4.67. The first-order chi connectivity index (χ1) is 13.2. The predicted octanol–water partition coefficient (Wildman–Crippen LogP) is 4.41. The quantitative estimate of drug-likeness (QED) is 0.490. The van der Waals surface area contributed by atoms with Gasteiger partial charge in [-0.05, 0) is 25.1 Å². The fourth-order valence-corrected chi connectivity index (χ4v) is 3.37. The van der Waals surface area contributed by atoms with Crippen molar-refractivity contribution in [3.63, 3.8) is 0 Å². The van der Waals surface area contributed by atoms with Gasteiger partial charge in [0, 0.05) is 17.1 Å². The number of hydrogen-bond acceptors (Lipinski definition) is 6. The van der Waals surface area contributed by atoms with E-state index in [2.05, 4.69) is 14.7 Å². The number of alkyl halides is 3. The Labute approximate surface area is 165 Å². The van der Waals surface area contributed by atoms with Crippen molar-refractivity contribution in [3.8, 4) is 21.8 Å². The van der Waals surface area contributed by atoms with Crippen LogP contribution >= 0.6 is 22.9 Å². The van der Waals surface area contributed by atoms with Gasteiger partial charge < -0.3 is 9.72 Å². The molecule has 11 heteroatoms. The maximum Gasteiger partial charge on any atom is 0.432 e. The Hall–Kier alpha value is -2.72. The number of aromatic nitrogens is 3. The second-order valence-electron chi connectivity index (χ2n) is 5.42. The number of nitrogens with one attached hydrogen (secondary N) is 1. The third kappa shape index (κ3) is 4.07. The fraction of sp³-hybridized carbons (Fsp3) is 0.176. The molecule has 0 amide bonds. The lowest BCUT2D eigenvalue weighted by atomic mass is 10.1. The van der Waals surface area contributed by atoms with Gasteiger partial charge in [0.05, 0.1) is 23.4 Å². The molecule has 0 spiro atoms. The minimum atomic E-state index is -4.93. The smallest absolute Gasteiger partial charge is 0.432 e. The highest BCUT2D eigenvalue weighted by atomic mass is 35.5. The number of thiazole rings is 1. The molecule has 28 heavy (non-hydrogen) atoms. The summed E-state index contributed by atoms with van der Waals surface area (Å²) in [5.74, 6) is -1.19. The van der Waals surface area contributed by atoms with Crippen LogP contribution in [0, 0.1) is 0 Å². The number of H-pyrrole nitrogens is 1. The van der Waals surface area contributed by atoms with Crippen molar-refractivity contribution in [3.05, 3.63) is 56.5 Å². The number of carbonyl (C=O) groups is 1. The van der Waals surface area contributed by atoms with Gasteiger partial charge in [-0.2, -0.15) is 13.2 Å². The number of pyridine rings is 2. The minimum Gasteiger partial charge on any atom is -0.462 e. The van der Waals surface area contributed by atoms with E-state index in [0.29, 0.717) is 10.6 Å². The molecule has 0 saturated carbocycles. The van der Waals surface area contributed by atoms with Crippen LogP contribution in [0.4, 0.5) is 13.2 Å². The average molecular weight is 430 g/mol. The largest absolute Gasteiger partial charge is 0.462 e. The van der Waals surface area contributed by atoms with E-state index in [9.17, 15) is 22.8 Å². The molecule has 0 radical (unpaired) electrons. The van der Waals surface area contributed by atoms with E-state index in [-0.39, 0.29) is 23.0 Å². The summed E-state index contributed by atoms with van der Waals surface area (Å²) in [5, 5.41) is 2.22. The average Bonchev–Trinajstić information content (AvgIpc) is 3.10. The normalized spacial score (nSPS) is 11.5. The van der Waals surface area contributed by atoms with Crippen LogP contribution in [0.25, 0.3) is 21.8 Å². The summed E-state index contributed by atoms with van der Waals surface area (Å²) in [6.45, 7) is 1.35. The molecule has 3 rings (SSSR count). The Balaban J connectivity index is 2.11. The van der Waals surface area contributed by atoms with E-state index >= 15 is 0 Å². The molecule has 3 aromatic heterocycles. The van der Waals surface area contributed by atoms with E-state index in [0.717, 1.165) is 17.4 Å². The molecule has 0 fully saturated rings. The number of esters is 1. The Morgan fingerprint density at radius 1 is 1.36 bits per heavy atom. The van der Waals surface area contributed by atoms with Crippen molar-refractivity contribution < 1.29 is 22.7 Å². The van der Waals surface area contributed by atoms with Gasteiger partial charge in [-0.15, -0.1) is 11.3 Å². The van der Waals surface area contributed by atoms with Crippen LogP contribution < -0.4 is 5.56 Å². The van der Waals surface area contributed by atoms with Gasteiger partial charge >= 0.3 is 12.1 Å². The van der Waals surface area contributed by atoms with Crippen LogP contribution in [0.3, 0.4) is 0 Å². The minimum absolute atomic E-state index is 0.117. The summed E-state index contributed by atoms with van der Waals surface area (Å²) >= 11 is 7.00. The van der Waals surface area contributed by atoms with Crippen LogP contribution in [-0.2, 0) is 10.9 Å².